The molecule has 0 aromatic heterocycles. The molecule has 2 nitrogen and oxygen atoms in total. The van der Waals surface area contributed by atoms with Crippen LogP contribution in [0.15, 0.2) is 0 Å². The third-order valence-electron chi connectivity index (χ3n) is 0.888. The average Bonchev–Trinajstić information content (AvgIpc) is 1.64. The van der Waals surface area contributed by atoms with Gasteiger partial charge in [-0.1, -0.05) is 0 Å². The molecule has 0 fully saturated rings. The molecule has 0 aliphatic rings. The van der Waals surface area contributed by atoms with Gasteiger partial charge < -0.3 is 4.74 Å². The Labute approximate surface area is 87.6 Å². The minimum atomic E-state index is -0.351. The predicted molar refractivity (Wildman–Crippen MR) is 36.1 cm³/mol. The molecule has 0 saturated heterocycles. The van der Waals surface area contributed by atoms with Gasteiger partial charge in [-0.15, -0.1) is 0 Å². The maximum Gasteiger partial charge on any atom is 0.311 e. The Morgan fingerprint density at radius 1 is 1.40 bits per heavy atom. The van der Waals surface area contributed by atoms with Crippen molar-refractivity contribution in [2.45, 2.75) is 27.7 Å². The van der Waals surface area contributed by atoms with Gasteiger partial charge in [0.05, 0.1) is 12.0 Å². The molecule has 0 saturated carbocycles. The number of carbonyl (C=O) groups excluding carboxylic acids is 1. The van der Waals surface area contributed by atoms with Crippen LogP contribution in [0.3, 0.4) is 0 Å². The van der Waals surface area contributed by atoms with Crippen LogP contribution in [0.25, 0.3) is 0 Å². The van der Waals surface area contributed by atoms with E-state index in [2.05, 4.69) is 0 Å². The fourth-order valence-corrected chi connectivity index (χ4v) is 0.348. The Kier molecular flexibility index (Phi) is 6.93. The molecule has 0 aromatic rings. The summed E-state index contributed by atoms with van der Waals surface area (Å²) >= 11 is 0. The van der Waals surface area contributed by atoms with Gasteiger partial charge in [0.2, 0.25) is 0 Å². The number of esters is 1. The zero-order chi connectivity index (χ0) is 7.49. The number of rotatable bonds is 1. The van der Waals surface area contributed by atoms with E-state index in [0.29, 0.717) is 6.61 Å². The number of hydrogen-bond donors (Lipinski definition) is 0. The van der Waals surface area contributed by atoms with Crippen LogP contribution in [0.1, 0.15) is 27.7 Å². The number of carbonyl (C=O) groups is 1. The first-order valence-corrected chi connectivity index (χ1v) is 3.15. The summed E-state index contributed by atoms with van der Waals surface area (Å²) in [5.74, 6) is -0.134. The first-order chi connectivity index (χ1) is 3.98. The number of ether oxygens (including phenoxy) is 1. The SMILES string of the molecule is CCOC(=O)C(C)(C)C.[Y]. The van der Waals surface area contributed by atoms with Crippen LogP contribution in [-0.4, -0.2) is 12.6 Å². The summed E-state index contributed by atoms with van der Waals surface area (Å²) in [6, 6.07) is 0. The maximum absolute atomic E-state index is 10.8. The van der Waals surface area contributed by atoms with Crippen molar-refractivity contribution in [2.75, 3.05) is 6.61 Å². The van der Waals surface area contributed by atoms with Crippen LogP contribution in [0.2, 0.25) is 0 Å². The second-order valence-corrected chi connectivity index (χ2v) is 2.97. The van der Waals surface area contributed by atoms with Gasteiger partial charge in [-0.25, -0.2) is 0 Å². The molecule has 10 heavy (non-hydrogen) atoms. The molecule has 0 N–H and O–H groups in total. The van der Waals surface area contributed by atoms with Gasteiger partial charge in [0.25, 0.3) is 0 Å². The van der Waals surface area contributed by atoms with E-state index >= 15 is 0 Å². The fraction of sp³-hybridized carbons (Fsp3) is 0.857. The molecule has 1 radical (unpaired) electrons. The van der Waals surface area contributed by atoms with Crippen molar-refractivity contribution >= 4 is 5.97 Å². The van der Waals surface area contributed by atoms with Crippen LogP contribution < -0.4 is 0 Å². The van der Waals surface area contributed by atoms with Crippen molar-refractivity contribution < 1.29 is 42.2 Å². The van der Waals surface area contributed by atoms with E-state index in [4.69, 9.17) is 4.74 Å². The third kappa shape index (κ3) is 5.37. The monoisotopic (exact) mass is 219 g/mol. The molecule has 0 aliphatic heterocycles. The summed E-state index contributed by atoms with van der Waals surface area (Å²) in [4.78, 5) is 10.8. The van der Waals surface area contributed by atoms with Crippen LogP contribution in [0.4, 0.5) is 0 Å². The van der Waals surface area contributed by atoms with Crippen molar-refractivity contribution in [1.82, 2.24) is 0 Å². The molecule has 0 amide bonds. The van der Waals surface area contributed by atoms with E-state index in [9.17, 15) is 4.79 Å². The largest absolute Gasteiger partial charge is 0.466 e. The quantitative estimate of drug-likeness (QED) is 0.626. The van der Waals surface area contributed by atoms with Crippen LogP contribution in [-0.2, 0) is 42.2 Å². The smallest absolute Gasteiger partial charge is 0.311 e. The fourth-order valence-electron chi connectivity index (χ4n) is 0.348. The van der Waals surface area contributed by atoms with E-state index in [1.165, 1.54) is 0 Å². The van der Waals surface area contributed by atoms with Crippen molar-refractivity contribution in [2.24, 2.45) is 5.41 Å². The first-order valence-electron chi connectivity index (χ1n) is 3.15. The van der Waals surface area contributed by atoms with Gasteiger partial charge in [-0.2, -0.15) is 0 Å². The van der Waals surface area contributed by atoms with Gasteiger partial charge in [0.1, 0.15) is 0 Å². The Hall–Kier alpha value is 0.574. The van der Waals surface area contributed by atoms with Crippen molar-refractivity contribution in [1.29, 1.82) is 0 Å². The minimum Gasteiger partial charge on any atom is -0.466 e. The van der Waals surface area contributed by atoms with Crippen LogP contribution in [0, 0.1) is 5.41 Å². The molecule has 0 unspecified atom stereocenters. The molecule has 57 valence electrons. The van der Waals surface area contributed by atoms with Gasteiger partial charge in [-0.3, -0.25) is 4.79 Å². The van der Waals surface area contributed by atoms with Gasteiger partial charge in [0, 0.05) is 32.7 Å². The molecular formula is C7H14O2Y. The molecule has 3 heteroatoms. The molecule has 0 rings (SSSR count). The Bertz CT molecular complexity index is 105. The van der Waals surface area contributed by atoms with Gasteiger partial charge in [0.15, 0.2) is 0 Å². The molecule has 0 spiro atoms. The summed E-state index contributed by atoms with van der Waals surface area (Å²) in [6.45, 7) is 7.79. The Balaban J connectivity index is 0. The normalized spacial score (nSPS) is 10.0. The van der Waals surface area contributed by atoms with E-state index < -0.39 is 0 Å². The molecular weight excluding hydrogens is 205 g/mol. The zero-order valence-corrected chi connectivity index (χ0v) is 9.94. The molecule has 0 atom stereocenters. The van der Waals surface area contributed by atoms with E-state index in [0.717, 1.165) is 0 Å². The summed E-state index contributed by atoms with van der Waals surface area (Å²) in [7, 11) is 0. The number of hydrogen-bond acceptors (Lipinski definition) is 2. The second-order valence-electron chi connectivity index (χ2n) is 2.97. The summed E-state index contributed by atoms with van der Waals surface area (Å²) in [5.41, 5.74) is -0.351. The van der Waals surface area contributed by atoms with Gasteiger partial charge in [-0.05, 0) is 27.7 Å². The van der Waals surface area contributed by atoms with Crippen LogP contribution in [0.5, 0.6) is 0 Å². The van der Waals surface area contributed by atoms with E-state index in [-0.39, 0.29) is 44.1 Å². The summed E-state index contributed by atoms with van der Waals surface area (Å²) in [5, 5.41) is 0. The summed E-state index contributed by atoms with van der Waals surface area (Å²) in [6.07, 6.45) is 0. The minimum absolute atomic E-state index is 0. The molecule has 0 heterocycles. The summed E-state index contributed by atoms with van der Waals surface area (Å²) < 4.78 is 4.77. The van der Waals surface area contributed by atoms with Crippen molar-refractivity contribution in [3.05, 3.63) is 0 Å². The predicted octanol–water partition coefficient (Wildman–Crippen LogP) is 1.59. The maximum atomic E-state index is 10.8. The van der Waals surface area contributed by atoms with E-state index in [1.54, 1.807) is 0 Å². The van der Waals surface area contributed by atoms with Crippen LogP contribution >= 0.6 is 0 Å². The second kappa shape index (κ2) is 5.25. The molecule has 0 bridgehead atoms. The zero-order valence-electron chi connectivity index (χ0n) is 7.10. The van der Waals surface area contributed by atoms with Gasteiger partial charge >= 0.3 is 5.97 Å². The standard InChI is InChI=1S/C7H14O2.Y/c1-5-9-6(8)7(2,3)4;/h5H2,1-4H3;. The van der Waals surface area contributed by atoms with Crippen molar-refractivity contribution in [3.8, 4) is 0 Å². The Morgan fingerprint density at radius 2 is 1.80 bits per heavy atom. The average molecular weight is 219 g/mol. The molecule has 0 aromatic carbocycles. The topological polar surface area (TPSA) is 26.3 Å². The molecule has 0 aliphatic carbocycles. The Morgan fingerprint density at radius 3 is 1.90 bits per heavy atom. The van der Waals surface area contributed by atoms with Crippen molar-refractivity contribution in [3.63, 3.8) is 0 Å². The first kappa shape index (κ1) is 13.2. The third-order valence-corrected chi connectivity index (χ3v) is 0.888. The van der Waals surface area contributed by atoms with E-state index in [1.807, 2.05) is 27.7 Å².